The zero-order valence-corrected chi connectivity index (χ0v) is 19.6. The Labute approximate surface area is 203 Å². The van der Waals surface area contributed by atoms with Gasteiger partial charge in [0.2, 0.25) is 0 Å². The third-order valence-corrected chi connectivity index (χ3v) is 5.30. The lowest BCUT2D eigenvalue weighted by Crippen LogP contribution is -2.43. The summed E-state index contributed by atoms with van der Waals surface area (Å²) in [5, 5.41) is 16.0. The standard InChI is InChI=1S/C27H28N2O6/c1-3-35-27(33)23(29-26(32)19-7-5-4-6-8-19)15-20-11-12-21(16-24(20)30)25(31)28-17-18-9-13-22(34-2)14-10-18/h4-14,16,23,30H,3,15,17H2,1-2H3,(H,28,31)(H,29,32)/t23-/m0/s1. The molecule has 0 saturated heterocycles. The van der Waals surface area contributed by atoms with Gasteiger partial charge in [0.1, 0.15) is 17.5 Å². The van der Waals surface area contributed by atoms with Gasteiger partial charge < -0.3 is 25.2 Å². The summed E-state index contributed by atoms with van der Waals surface area (Å²) in [7, 11) is 1.58. The molecule has 0 spiro atoms. The number of amides is 2. The van der Waals surface area contributed by atoms with Gasteiger partial charge in [-0.2, -0.15) is 0 Å². The first-order valence-corrected chi connectivity index (χ1v) is 11.2. The number of nitrogens with one attached hydrogen (secondary N) is 2. The van der Waals surface area contributed by atoms with Gasteiger partial charge in [0.25, 0.3) is 11.8 Å². The molecule has 0 aliphatic carbocycles. The van der Waals surface area contributed by atoms with E-state index in [-0.39, 0.29) is 30.2 Å². The van der Waals surface area contributed by atoms with Gasteiger partial charge in [0, 0.05) is 24.1 Å². The number of carbonyl (C=O) groups excluding carboxylic acids is 3. The molecule has 0 aliphatic heterocycles. The van der Waals surface area contributed by atoms with Gasteiger partial charge in [-0.3, -0.25) is 9.59 Å². The monoisotopic (exact) mass is 476 g/mol. The lowest BCUT2D eigenvalue weighted by Gasteiger charge is -2.18. The minimum absolute atomic E-state index is 0.00299. The van der Waals surface area contributed by atoms with E-state index in [1.54, 1.807) is 68.6 Å². The molecule has 35 heavy (non-hydrogen) atoms. The molecule has 0 aromatic heterocycles. The Morgan fingerprint density at radius 1 is 0.914 bits per heavy atom. The highest BCUT2D eigenvalue weighted by atomic mass is 16.5. The van der Waals surface area contributed by atoms with E-state index < -0.39 is 17.9 Å². The molecule has 8 nitrogen and oxygen atoms in total. The molecule has 0 saturated carbocycles. The van der Waals surface area contributed by atoms with Gasteiger partial charge in [-0.15, -0.1) is 0 Å². The Morgan fingerprint density at radius 2 is 1.63 bits per heavy atom. The number of hydrogen-bond acceptors (Lipinski definition) is 6. The van der Waals surface area contributed by atoms with E-state index in [2.05, 4.69) is 10.6 Å². The quantitative estimate of drug-likeness (QED) is 0.387. The summed E-state index contributed by atoms with van der Waals surface area (Å²) in [6.07, 6.45) is -0.00299. The zero-order valence-electron chi connectivity index (χ0n) is 19.6. The lowest BCUT2D eigenvalue weighted by atomic mass is 10.0. The fourth-order valence-electron chi connectivity index (χ4n) is 3.39. The van der Waals surface area contributed by atoms with Crippen molar-refractivity contribution >= 4 is 17.8 Å². The summed E-state index contributed by atoms with van der Waals surface area (Å²) in [6, 6.07) is 19.2. The van der Waals surface area contributed by atoms with Crippen molar-refractivity contribution in [1.82, 2.24) is 10.6 Å². The summed E-state index contributed by atoms with van der Waals surface area (Å²) >= 11 is 0. The van der Waals surface area contributed by atoms with Crippen molar-refractivity contribution in [2.45, 2.75) is 25.9 Å². The SMILES string of the molecule is CCOC(=O)[C@H](Cc1ccc(C(=O)NCc2ccc(OC)cc2)cc1O)NC(=O)c1ccccc1. The maximum absolute atomic E-state index is 12.6. The summed E-state index contributed by atoms with van der Waals surface area (Å²) in [5.41, 5.74) is 1.95. The first-order chi connectivity index (χ1) is 16.9. The highest BCUT2D eigenvalue weighted by molar-refractivity contribution is 5.97. The van der Waals surface area contributed by atoms with E-state index in [1.807, 2.05) is 12.1 Å². The Morgan fingerprint density at radius 3 is 2.26 bits per heavy atom. The molecule has 0 unspecified atom stereocenters. The molecule has 0 aliphatic rings. The minimum Gasteiger partial charge on any atom is -0.508 e. The van der Waals surface area contributed by atoms with Crippen molar-refractivity contribution in [2.24, 2.45) is 0 Å². The second-order valence-electron chi connectivity index (χ2n) is 7.72. The molecule has 0 fully saturated rings. The van der Waals surface area contributed by atoms with Crippen molar-refractivity contribution in [1.29, 1.82) is 0 Å². The number of ether oxygens (including phenoxy) is 2. The number of phenolic OH excluding ortho intramolecular Hbond substituents is 1. The molecule has 3 N–H and O–H groups in total. The normalized spacial score (nSPS) is 11.3. The summed E-state index contributed by atoms with van der Waals surface area (Å²) in [6.45, 7) is 2.13. The van der Waals surface area contributed by atoms with Crippen LogP contribution in [0.25, 0.3) is 0 Å². The van der Waals surface area contributed by atoms with Gasteiger partial charge >= 0.3 is 5.97 Å². The van der Waals surface area contributed by atoms with Crippen LogP contribution in [-0.2, 0) is 22.5 Å². The van der Waals surface area contributed by atoms with Crippen LogP contribution in [0.3, 0.4) is 0 Å². The Balaban J connectivity index is 1.67. The lowest BCUT2D eigenvalue weighted by molar-refractivity contribution is -0.145. The highest BCUT2D eigenvalue weighted by Gasteiger charge is 2.24. The van der Waals surface area contributed by atoms with E-state index >= 15 is 0 Å². The van der Waals surface area contributed by atoms with Crippen molar-refractivity contribution in [3.05, 3.63) is 95.1 Å². The van der Waals surface area contributed by atoms with Crippen LogP contribution < -0.4 is 15.4 Å². The Kier molecular flexibility index (Phi) is 8.83. The van der Waals surface area contributed by atoms with E-state index in [0.717, 1.165) is 11.3 Å². The van der Waals surface area contributed by atoms with Crippen LogP contribution in [0.5, 0.6) is 11.5 Å². The number of aromatic hydroxyl groups is 1. The molecular weight excluding hydrogens is 448 g/mol. The van der Waals surface area contributed by atoms with Crippen LogP contribution in [0.4, 0.5) is 0 Å². The predicted molar refractivity (Wildman–Crippen MR) is 130 cm³/mol. The van der Waals surface area contributed by atoms with Gasteiger partial charge in [0.05, 0.1) is 13.7 Å². The first kappa shape index (κ1) is 25.3. The maximum atomic E-state index is 12.6. The number of rotatable bonds is 10. The van der Waals surface area contributed by atoms with Gasteiger partial charge in [-0.1, -0.05) is 36.4 Å². The van der Waals surface area contributed by atoms with Gasteiger partial charge in [-0.05, 0) is 54.4 Å². The van der Waals surface area contributed by atoms with E-state index in [1.165, 1.54) is 6.07 Å². The third-order valence-electron chi connectivity index (χ3n) is 5.30. The molecule has 3 rings (SSSR count). The van der Waals surface area contributed by atoms with E-state index in [0.29, 0.717) is 17.7 Å². The average Bonchev–Trinajstić information content (AvgIpc) is 2.88. The van der Waals surface area contributed by atoms with Crippen molar-refractivity contribution in [2.75, 3.05) is 13.7 Å². The molecule has 2 amide bonds. The zero-order chi connectivity index (χ0) is 25.2. The maximum Gasteiger partial charge on any atom is 0.328 e. The second-order valence-corrected chi connectivity index (χ2v) is 7.72. The molecular formula is C27H28N2O6. The third kappa shape index (κ3) is 7.07. The smallest absolute Gasteiger partial charge is 0.328 e. The van der Waals surface area contributed by atoms with Gasteiger partial charge in [-0.25, -0.2) is 4.79 Å². The fourth-order valence-corrected chi connectivity index (χ4v) is 3.39. The van der Waals surface area contributed by atoms with Crippen LogP contribution in [0.1, 0.15) is 38.8 Å². The largest absolute Gasteiger partial charge is 0.508 e. The van der Waals surface area contributed by atoms with Crippen molar-refractivity contribution < 1.29 is 29.0 Å². The predicted octanol–water partition coefficient (Wildman–Crippen LogP) is 3.24. The van der Waals surface area contributed by atoms with E-state index in [4.69, 9.17) is 9.47 Å². The molecule has 0 bridgehead atoms. The number of esters is 1. The minimum atomic E-state index is -1.01. The Hall–Kier alpha value is -4.33. The first-order valence-electron chi connectivity index (χ1n) is 11.2. The number of hydrogen-bond donors (Lipinski definition) is 3. The summed E-state index contributed by atoms with van der Waals surface area (Å²) < 4.78 is 10.2. The van der Waals surface area contributed by atoms with Crippen LogP contribution in [0.15, 0.2) is 72.8 Å². The van der Waals surface area contributed by atoms with Crippen LogP contribution in [-0.4, -0.2) is 42.6 Å². The average molecular weight is 477 g/mol. The highest BCUT2D eigenvalue weighted by Crippen LogP contribution is 2.21. The second kappa shape index (κ2) is 12.2. The van der Waals surface area contributed by atoms with Crippen LogP contribution in [0, 0.1) is 0 Å². The topological polar surface area (TPSA) is 114 Å². The number of phenols is 1. The fraction of sp³-hybridized carbons (Fsp3) is 0.222. The van der Waals surface area contributed by atoms with E-state index in [9.17, 15) is 19.5 Å². The molecule has 3 aromatic carbocycles. The summed E-state index contributed by atoms with van der Waals surface area (Å²) in [4.78, 5) is 37.6. The van der Waals surface area contributed by atoms with Crippen LogP contribution >= 0.6 is 0 Å². The number of carbonyl (C=O) groups is 3. The van der Waals surface area contributed by atoms with Crippen molar-refractivity contribution in [3.63, 3.8) is 0 Å². The number of benzene rings is 3. The van der Waals surface area contributed by atoms with Crippen LogP contribution in [0.2, 0.25) is 0 Å². The summed E-state index contributed by atoms with van der Waals surface area (Å²) in [5.74, 6) is -0.843. The molecule has 0 heterocycles. The number of methoxy groups -OCH3 is 1. The Bertz CT molecular complexity index is 1160. The molecule has 0 radical (unpaired) electrons. The van der Waals surface area contributed by atoms with Gasteiger partial charge in [0.15, 0.2) is 0 Å². The molecule has 182 valence electrons. The molecule has 8 heteroatoms. The molecule has 1 atom stereocenters. The molecule has 3 aromatic rings. The van der Waals surface area contributed by atoms with Crippen molar-refractivity contribution in [3.8, 4) is 11.5 Å².